The van der Waals surface area contributed by atoms with Gasteiger partial charge in [-0.05, 0) is 74.5 Å². The minimum atomic E-state index is -0.124. The summed E-state index contributed by atoms with van der Waals surface area (Å²) in [6.45, 7) is 1.70. The molecule has 0 radical (unpaired) electrons. The Morgan fingerprint density at radius 2 is 1.77 bits per heavy atom. The number of fused-ring (bicyclic) bond motifs is 1. The fourth-order valence-corrected chi connectivity index (χ4v) is 4.09. The molecule has 4 heterocycles. The van der Waals surface area contributed by atoms with Crippen LogP contribution in [0, 0.1) is 0 Å². The van der Waals surface area contributed by atoms with Gasteiger partial charge in [0.15, 0.2) is 11.5 Å². The van der Waals surface area contributed by atoms with E-state index in [4.69, 9.17) is 11.6 Å². The van der Waals surface area contributed by atoms with E-state index >= 15 is 0 Å². The zero-order valence-electron chi connectivity index (χ0n) is 16.6. The Kier molecular flexibility index (Phi) is 5.31. The van der Waals surface area contributed by atoms with E-state index in [0.29, 0.717) is 27.6 Å². The van der Waals surface area contributed by atoms with Crippen LogP contribution in [-0.2, 0) is 0 Å². The van der Waals surface area contributed by atoms with Crippen molar-refractivity contribution in [2.24, 2.45) is 0 Å². The number of aromatic nitrogens is 5. The predicted octanol–water partition coefficient (Wildman–Crippen LogP) is 3.26. The van der Waals surface area contributed by atoms with Gasteiger partial charge >= 0.3 is 0 Å². The lowest BCUT2D eigenvalue weighted by molar-refractivity contribution is 0.0971. The molecule has 0 atom stereocenters. The van der Waals surface area contributed by atoms with Crippen molar-refractivity contribution >= 4 is 34.5 Å². The van der Waals surface area contributed by atoms with E-state index in [-0.39, 0.29) is 11.9 Å². The number of amides is 1. The smallest absolute Gasteiger partial charge is 0.259 e. The number of nitrogens with zero attached hydrogens (tertiary/aromatic N) is 6. The number of carbonyl (C=O) groups excluding carboxylic acids is 1. The molecule has 1 aromatic carbocycles. The summed E-state index contributed by atoms with van der Waals surface area (Å²) in [6, 6.07) is 14.5. The van der Waals surface area contributed by atoms with Crippen molar-refractivity contribution in [3.63, 3.8) is 0 Å². The summed E-state index contributed by atoms with van der Waals surface area (Å²) < 4.78 is 1.66. The van der Waals surface area contributed by atoms with E-state index in [9.17, 15) is 4.79 Å². The molecule has 1 aliphatic rings. The first-order chi connectivity index (χ1) is 15.2. The average Bonchev–Trinajstić information content (AvgIpc) is 3.25. The number of benzene rings is 1. The Morgan fingerprint density at radius 1 is 1.03 bits per heavy atom. The molecule has 3 aromatic heterocycles. The minimum absolute atomic E-state index is 0.0317. The molecule has 1 N–H and O–H groups in total. The van der Waals surface area contributed by atoms with Crippen LogP contribution in [0.4, 0.5) is 5.82 Å². The SMILES string of the molecule is O=C(c1ccc(-n2nnc3cccnc32)cc1)N(c1ncccc1Cl)C1CCNCC1. The normalized spacial score (nSPS) is 14.6. The van der Waals surface area contributed by atoms with Crippen LogP contribution in [0.5, 0.6) is 0 Å². The van der Waals surface area contributed by atoms with Crippen molar-refractivity contribution in [2.75, 3.05) is 18.0 Å². The monoisotopic (exact) mass is 433 g/mol. The van der Waals surface area contributed by atoms with Gasteiger partial charge in [0.05, 0.1) is 10.7 Å². The van der Waals surface area contributed by atoms with Gasteiger partial charge in [-0.15, -0.1) is 5.10 Å². The summed E-state index contributed by atoms with van der Waals surface area (Å²) >= 11 is 6.42. The molecule has 0 aliphatic carbocycles. The molecule has 31 heavy (non-hydrogen) atoms. The van der Waals surface area contributed by atoms with Crippen molar-refractivity contribution in [2.45, 2.75) is 18.9 Å². The first kappa shape index (κ1) is 19.6. The minimum Gasteiger partial charge on any atom is -0.317 e. The molecule has 1 saturated heterocycles. The molecule has 0 unspecified atom stereocenters. The van der Waals surface area contributed by atoms with E-state index in [0.717, 1.165) is 31.6 Å². The number of pyridine rings is 2. The molecule has 1 amide bonds. The van der Waals surface area contributed by atoms with Gasteiger partial charge < -0.3 is 5.32 Å². The molecule has 0 bridgehead atoms. The van der Waals surface area contributed by atoms with Gasteiger partial charge in [-0.1, -0.05) is 16.8 Å². The van der Waals surface area contributed by atoms with E-state index in [1.54, 1.807) is 46.2 Å². The van der Waals surface area contributed by atoms with Gasteiger partial charge in [-0.2, -0.15) is 4.68 Å². The lowest BCUT2D eigenvalue weighted by Crippen LogP contribution is -2.47. The highest BCUT2D eigenvalue weighted by Crippen LogP contribution is 2.29. The summed E-state index contributed by atoms with van der Waals surface area (Å²) in [5, 5.41) is 12.1. The highest BCUT2D eigenvalue weighted by molar-refractivity contribution is 6.33. The number of anilines is 1. The van der Waals surface area contributed by atoms with Gasteiger partial charge in [0.25, 0.3) is 5.91 Å². The van der Waals surface area contributed by atoms with Crippen molar-refractivity contribution in [1.29, 1.82) is 0 Å². The number of piperidine rings is 1. The molecule has 8 nitrogen and oxygen atoms in total. The van der Waals surface area contributed by atoms with Crippen LogP contribution in [-0.4, -0.2) is 50.0 Å². The number of carbonyl (C=O) groups is 1. The van der Waals surface area contributed by atoms with Crippen molar-refractivity contribution in [1.82, 2.24) is 30.3 Å². The summed E-state index contributed by atoms with van der Waals surface area (Å²) in [6.07, 6.45) is 5.04. The predicted molar refractivity (Wildman–Crippen MR) is 119 cm³/mol. The number of nitrogens with one attached hydrogen (secondary N) is 1. The van der Waals surface area contributed by atoms with Crippen LogP contribution in [0.2, 0.25) is 5.02 Å². The Hall–Kier alpha value is -3.36. The zero-order valence-corrected chi connectivity index (χ0v) is 17.4. The van der Waals surface area contributed by atoms with E-state index < -0.39 is 0 Å². The number of rotatable bonds is 4. The molecule has 0 saturated carbocycles. The first-order valence-electron chi connectivity index (χ1n) is 10.1. The third kappa shape index (κ3) is 3.75. The summed E-state index contributed by atoms with van der Waals surface area (Å²) in [5.74, 6) is 0.372. The quantitative estimate of drug-likeness (QED) is 0.531. The average molecular weight is 434 g/mol. The maximum absolute atomic E-state index is 13.6. The van der Waals surface area contributed by atoms with Gasteiger partial charge in [0, 0.05) is 24.0 Å². The maximum atomic E-state index is 13.6. The van der Waals surface area contributed by atoms with Crippen molar-refractivity contribution < 1.29 is 4.79 Å². The highest BCUT2D eigenvalue weighted by atomic mass is 35.5. The van der Waals surface area contributed by atoms with E-state index in [1.807, 2.05) is 24.3 Å². The van der Waals surface area contributed by atoms with Crippen LogP contribution in [0.15, 0.2) is 60.9 Å². The maximum Gasteiger partial charge on any atom is 0.259 e. The third-order valence-corrected chi connectivity index (χ3v) is 5.72. The fraction of sp³-hybridized carbons (Fsp3) is 0.227. The Labute approximate surface area is 183 Å². The molecule has 1 aliphatic heterocycles. The van der Waals surface area contributed by atoms with Crippen LogP contribution in [0.25, 0.3) is 16.9 Å². The number of hydrogen-bond acceptors (Lipinski definition) is 6. The number of halogens is 1. The molecular formula is C22H20ClN7O. The van der Waals surface area contributed by atoms with Crippen LogP contribution >= 0.6 is 11.6 Å². The largest absolute Gasteiger partial charge is 0.317 e. The second-order valence-corrected chi connectivity index (χ2v) is 7.77. The molecule has 1 fully saturated rings. The summed E-state index contributed by atoms with van der Waals surface area (Å²) in [5.41, 5.74) is 2.71. The molecule has 0 spiro atoms. The Bertz CT molecular complexity index is 1220. The standard InChI is InChI=1S/C22H20ClN7O/c23-18-3-1-11-25-20(18)29(16-9-13-24-14-10-16)22(31)15-5-7-17(8-6-15)30-21-19(27-28-30)4-2-12-26-21/h1-8,11-12,16,24H,9-10,13-14H2. The van der Waals surface area contributed by atoms with E-state index in [2.05, 4.69) is 25.6 Å². The third-order valence-electron chi connectivity index (χ3n) is 5.43. The van der Waals surface area contributed by atoms with Crippen molar-refractivity contribution in [3.8, 4) is 5.69 Å². The van der Waals surface area contributed by atoms with Crippen LogP contribution in [0.3, 0.4) is 0 Å². The molecule has 5 rings (SSSR count). The van der Waals surface area contributed by atoms with Gasteiger partial charge in [0.2, 0.25) is 0 Å². The van der Waals surface area contributed by atoms with Crippen LogP contribution in [0.1, 0.15) is 23.2 Å². The lowest BCUT2D eigenvalue weighted by atomic mass is 10.0. The second-order valence-electron chi connectivity index (χ2n) is 7.36. The molecule has 9 heteroatoms. The number of hydrogen-bond donors (Lipinski definition) is 1. The fourth-order valence-electron chi connectivity index (χ4n) is 3.88. The highest BCUT2D eigenvalue weighted by Gasteiger charge is 2.30. The van der Waals surface area contributed by atoms with Crippen LogP contribution < -0.4 is 10.2 Å². The molecular weight excluding hydrogens is 414 g/mol. The summed E-state index contributed by atoms with van der Waals surface area (Å²) in [4.78, 5) is 24.1. The molecule has 4 aromatic rings. The molecule has 156 valence electrons. The van der Waals surface area contributed by atoms with Gasteiger partial charge in [-0.25, -0.2) is 9.97 Å². The topological polar surface area (TPSA) is 88.8 Å². The first-order valence-corrected chi connectivity index (χ1v) is 10.5. The zero-order chi connectivity index (χ0) is 21.2. The Morgan fingerprint density at radius 3 is 2.55 bits per heavy atom. The Balaban J connectivity index is 1.48. The van der Waals surface area contributed by atoms with E-state index in [1.165, 1.54) is 0 Å². The lowest BCUT2D eigenvalue weighted by Gasteiger charge is -2.34. The van der Waals surface area contributed by atoms with Gasteiger partial charge in [0.1, 0.15) is 5.52 Å². The summed E-state index contributed by atoms with van der Waals surface area (Å²) in [7, 11) is 0. The van der Waals surface area contributed by atoms with Crippen molar-refractivity contribution in [3.05, 3.63) is 71.5 Å². The van der Waals surface area contributed by atoms with Gasteiger partial charge in [-0.3, -0.25) is 9.69 Å². The second kappa shape index (κ2) is 8.41.